The van der Waals surface area contributed by atoms with E-state index in [1.54, 1.807) is 12.3 Å². The predicted octanol–water partition coefficient (Wildman–Crippen LogP) is 3.83. The van der Waals surface area contributed by atoms with Gasteiger partial charge in [0, 0.05) is 12.1 Å². The highest BCUT2D eigenvalue weighted by molar-refractivity contribution is 6.42. The van der Waals surface area contributed by atoms with E-state index in [2.05, 4.69) is 10.5 Å². The largest absolute Gasteiger partial charge is 0.360 e. The molecule has 2 rings (SSSR count). The smallest absolute Gasteiger partial charge is 0.150 e. The maximum atomic E-state index is 6.14. The summed E-state index contributed by atoms with van der Waals surface area (Å²) in [6.07, 6.45) is 1.62. The van der Waals surface area contributed by atoms with Crippen molar-refractivity contribution in [3.05, 3.63) is 51.8 Å². The second-order valence-electron chi connectivity index (χ2n) is 3.72. The molecule has 0 aliphatic carbocycles. The molecule has 0 bridgehead atoms. The monoisotopic (exact) mass is 270 g/mol. The fraction of sp³-hybridized carbons (Fsp3) is 0.250. The van der Waals surface area contributed by atoms with Gasteiger partial charge < -0.3 is 9.84 Å². The predicted molar refractivity (Wildman–Crippen MR) is 68.2 cm³/mol. The fourth-order valence-corrected chi connectivity index (χ4v) is 2.02. The fourth-order valence-electron chi connectivity index (χ4n) is 1.55. The molecule has 1 heterocycles. The maximum Gasteiger partial charge on any atom is 0.150 e. The van der Waals surface area contributed by atoms with Crippen LogP contribution in [-0.4, -0.2) is 5.16 Å². The average molecular weight is 271 g/mol. The molecule has 0 aliphatic heterocycles. The Morgan fingerprint density at radius 2 is 2.18 bits per heavy atom. The van der Waals surface area contributed by atoms with E-state index >= 15 is 0 Å². The second kappa shape index (κ2) is 5.54. The normalized spacial score (nSPS) is 12.6. The molecule has 0 spiro atoms. The van der Waals surface area contributed by atoms with Gasteiger partial charge in [0.25, 0.3) is 0 Å². The number of hydrogen-bond donors (Lipinski definition) is 1. The summed E-state index contributed by atoms with van der Waals surface area (Å²) < 4.78 is 5.00. The molecule has 5 heteroatoms. The molecule has 0 radical (unpaired) electrons. The van der Waals surface area contributed by atoms with Crippen molar-refractivity contribution in [3.8, 4) is 0 Å². The highest BCUT2D eigenvalue weighted by atomic mass is 35.5. The van der Waals surface area contributed by atoms with Crippen LogP contribution in [-0.2, 0) is 6.54 Å². The van der Waals surface area contributed by atoms with Gasteiger partial charge in [0.1, 0.15) is 5.76 Å². The minimum atomic E-state index is 0.0892. The zero-order valence-electron chi connectivity index (χ0n) is 9.28. The standard InChI is InChI=1S/C12H12Cl2N2O/c1-8(15-7-9-5-6-16-17-9)10-3-2-4-11(13)12(10)14/h2-6,8,15H,7H2,1H3. The highest BCUT2D eigenvalue weighted by Crippen LogP contribution is 2.29. The van der Waals surface area contributed by atoms with Crippen LogP contribution in [0.25, 0.3) is 0 Å². The molecule has 0 aliphatic rings. The van der Waals surface area contributed by atoms with Crippen molar-refractivity contribution < 1.29 is 4.52 Å². The molecule has 1 unspecified atom stereocenters. The lowest BCUT2D eigenvalue weighted by atomic mass is 10.1. The molecule has 3 nitrogen and oxygen atoms in total. The van der Waals surface area contributed by atoms with Gasteiger partial charge in [-0.25, -0.2) is 0 Å². The van der Waals surface area contributed by atoms with Crippen molar-refractivity contribution in [2.24, 2.45) is 0 Å². The van der Waals surface area contributed by atoms with Gasteiger partial charge in [-0.15, -0.1) is 0 Å². The van der Waals surface area contributed by atoms with Crippen LogP contribution in [0.1, 0.15) is 24.3 Å². The van der Waals surface area contributed by atoms with Gasteiger partial charge >= 0.3 is 0 Å². The lowest BCUT2D eigenvalue weighted by molar-refractivity contribution is 0.366. The lowest BCUT2D eigenvalue weighted by Crippen LogP contribution is -2.18. The Hall–Kier alpha value is -1.03. The first-order valence-corrected chi connectivity index (χ1v) is 6.01. The van der Waals surface area contributed by atoms with Crippen molar-refractivity contribution in [1.82, 2.24) is 10.5 Å². The first kappa shape index (κ1) is 12.4. The van der Waals surface area contributed by atoms with E-state index in [1.165, 1.54) is 0 Å². The van der Waals surface area contributed by atoms with Crippen molar-refractivity contribution in [1.29, 1.82) is 0 Å². The Kier molecular flexibility index (Phi) is 4.05. The number of nitrogens with zero attached hydrogens (tertiary/aromatic N) is 1. The third-order valence-electron chi connectivity index (χ3n) is 2.52. The van der Waals surface area contributed by atoms with Crippen molar-refractivity contribution in [2.45, 2.75) is 19.5 Å². The van der Waals surface area contributed by atoms with E-state index in [-0.39, 0.29) is 6.04 Å². The summed E-state index contributed by atoms with van der Waals surface area (Å²) in [5, 5.41) is 8.09. The van der Waals surface area contributed by atoms with E-state index in [9.17, 15) is 0 Å². The van der Waals surface area contributed by atoms with E-state index in [0.717, 1.165) is 11.3 Å². The number of aromatic nitrogens is 1. The molecule has 1 N–H and O–H groups in total. The number of benzene rings is 1. The van der Waals surface area contributed by atoms with Crippen molar-refractivity contribution >= 4 is 23.2 Å². The van der Waals surface area contributed by atoms with Gasteiger partial charge in [0.2, 0.25) is 0 Å². The van der Waals surface area contributed by atoms with Crippen molar-refractivity contribution in [3.63, 3.8) is 0 Å². The summed E-state index contributed by atoms with van der Waals surface area (Å²) >= 11 is 12.1. The van der Waals surface area contributed by atoms with Crippen molar-refractivity contribution in [2.75, 3.05) is 0 Å². The molecule has 1 atom stereocenters. The maximum absolute atomic E-state index is 6.14. The molecule has 0 saturated heterocycles. The molecular weight excluding hydrogens is 259 g/mol. The van der Waals surface area contributed by atoms with Gasteiger partial charge in [-0.3, -0.25) is 0 Å². The first-order valence-electron chi connectivity index (χ1n) is 5.25. The average Bonchev–Trinajstić information content (AvgIpc) is 2.82. The molecule has 1 aromatic heterocycles. The zero-order chi connectivity index (χ0) is 12.3. The van der Waals surface area contributed by atoms with Crippen LogP contribution in [0.5, 0.6) is 0 Å². The summed E-state index contributed by atoms with van der Waals surface area (Å²) in [6.45, 7) is 2.62. The van der Waals surface area contributed by atoms with E-state index < -0.39 is 0 Å². The summed E-state index contributed by atoms with van der Waals surface area (Å²) in [5.74, 6) is 0.787. The summed E-state index contributed by atoms with van der Waals surface area (Å²) in [6, 6.07) is 7.52. The van der Waals surface area contributed by atoms with Crippen LogP contribution in [0.3, 0.4) is 0 Å². The molecule has 0 fully saturated rings. The van der Waals surface area contributed by atoms with Gasteiger partial charge in [-0.1, -0.05) is 40.5 Å². The molecule has 17 heavy (non-hydrogen) atoms. The molecule has 0 amide bonds. The lowest BCUT2D eigenvalue weighted by Gasteiger charge is -2.15. The van der Waals surface area contributed by atoms with E-state index in [4.69, 9.17) is 27.7 Å². The Bertz CT molecular complexity index is 485. The molecule has 2 aromatic rings. The van der Waals surface area contributed by atoms with E-state index in [0.29, 0.717) is 16.6 Å². The van der Waals surface area contributed by atoms with Crippen LogP contribution in [0, 0.1) is 0 Å². The van der Waals surface area contributed by atoms with Crippen LogP contribution >= 0.6 is 23.2 Å². The Balaban J connectivity index is 2.04. The summed E-state index contributed by atoms with van der Waals surface area (Å²) in [7, 11) is 0. The Morgan fingerprint density at radius 3 is 2.88 bits per heavy atom. The molecular formula is C12H12Cl2N2O. The third kappa shape index (κ3) is 3.00. The zero-order valence-corrected chi connectivity index (χ0v) is 10.8. The molecule has 0 saturated carbocycles. The van der Waals surface area contributed by atoms with Gasteiger partial charge in [0.05, 0.1) is 22.8 Å². The van der Waals surface area contributed by atoms with Crippen LogP contribution in [0.2, 0.25) is 10.0 Å². The van der Waals surface area contributed by atoms with Gasteiger partial charge in [-0.05, 0) is 18.6 Å². The highest BCUT2D eigenvalue weighted by Gasteiger charge is 2.11. The second-order valence-corrected chi connectivity index (χ2v) is 4.51. The SMILES string of the molecule is CC(NCc1ccno1)c1cccc(Cl)c1Cl. The minimum Gasteiger partial charge on any atom is -0.360 e. The Morgan fingerprint density at radius 1 is 1.35 bits per heavy atom. The van der Waals surface area contributed by atoms with E-state index in [1.807, 2.05) is 25.1 Å². The summed E-state index contributed by atoms with van der Waals surface area (Å²) in [5.41, 5.74) is 0.971. The quantitative estimate of drug-likeness (QED) is 0.918. The topological polar surface area (TPSA) is 38.1 Å². The Labute approximate surface area is 110 Å². The van der Waals surface area contributed by atoms with Crippen LogP contribution < -0.4 is 5.32 Å². The van der Waals surface area contributed by atoms with Crippen LogP contribution in [0.15, 0.2) is 35.0 Å². The number of nitrogens with one attached hydrogen (secondary N) is 1. The number of rotatable bonds is 4. The van der Waals surface area contributed by atoms with Crippen LogP contribution in [0.4, 0.5) is 0 Å². The minimum absolute atomic E-state index is 0.0892. The third-order valence-corrected chi connectivity index (χ3v) is 3.36. The first-order chi connectivity index (χ1) is 8.18. The molecule has 1 aromatic carbocycles. The van der Waals surface area contributed by atoms with Gasteiger partial charge in [0.15, 0.2) is 0 Å². The number of halogens is 2. The summed E-state index contributed by atoms with van der Waals surface area (Å²) in [4.78, 5) is 0. The molecule has 90 valence electrons. The number of hydrogen-bond acceptors (Lipinski definition) is 3. The van der Waals surface area contributed by atoms with Gasteiger partial charge in [-0.2, -0.15) is 0 Å².